The topological polar surface area (TPSA) is 61.8 Å². The molecule has 0 spiro atoms. The van der Waals surface area contributed by atoms with Crippen molar-refractivity contribution in [3.8, 4) is 0 Å². The minimum Gasteiger partial charge on any atom is -0.431 e. The summed E-state index contributed by atoms with van der Waals surface area (Å²) in [6.07, 6.45) is -0.412. The first-order chi connectivity index (χ1) is 6.99. The van der Waals surface area contributed by atoms with E-state index in [0.29, 0.717) is 0 Å². The average Bonchev–Trinajstić information content (AvgIpc) is 2.12. The van der Waals surface area contributed by atoms with Gasteiger partial charge in [0.05, 0.1) is 0 Å². The number of rotatable bonds is 5. The molecular formula is C10H18O5. The van der Waals surface area contributed by atoms with Gasteiger partial charge in [0.1, 0.15) is 6.10 Å². The molecule has 0 N–H and O–H groups in total. The summed E-state index contributed by atoms with van der Waals surface area (Å²) in [5.41, 5.74) is 0. The molecule has 0 aromatic rings. The summed E-state index contributed by atoms with van der Waals surface area (Å²) in [7, 11) is 0. The van der Waals surface area contributed by atoms with Crippen LogP contribution in [0.4, 0.5) is 4.79 Å². The Morgan fingerprint density at radius 2 is 1.60 bits per heavy atom. The highest BCUT2D eigenvalue weighted by molar-refractivity contribution is 5.66. The number of esters is 1. The van der Waals surface area contributed by atoms with Crippen LogP contribution in [0.5, 0.6) is 0 Å². The van der Waals surface area contributed by atoms with Gasteiger partial charge in [0.15, 0.2) is 0 Å². The Morgan fingerprint density at radius 1 is 1.07 bits per heavy atom. The molecule has 0 rings (SSSR count). The molecule has 0 amide bonds. The molecule has 0 bridgehead atoms. The number of carbonyl (C=O) groups excluding carboxylic acids is 2. The molecule has 5 heteroatoms. The van der Waals surface area contributed by atoms with Gasteiger partial charge in [-0.1, -0.05) is 13.8 Å². The molecule has 0 aliphatic carbocycles. The van der Waals surface area contributed by atoms with Crippen LogP contribution < -0.4 is 0 Å². The van der Waals surface area contributed by atoms with Gasteiger partial charge in [-0.2, -0.15) is 0 Å². The van der Waals surface area contributed by atoms with Crippen LogP contribution in [-0.4, -0.2) is 24.5 Å². The number of hydrogen-bond donors (Lipinski definition) is 0. The molecule has 0 aliphatic heterocycles. The van der Waals surface area contributed by atoms with E-state index in [1.807, 2.05) is 13.8 Å². The molecule has 0 radical (unpaired) electrons. The predicted octanol–water partition coefficient (Wildman–Crippen LogP) is 2.24. The van der Waals surface area contributed by atoms with Crippen molar-refractivity contribution in [2.45, 2.75) is 52.9 Å². The van der Waals surface area contributed by atoms with Gasteiger partial charge in [0.2, 0.25) is 6.29 Å². The normalized spacial score (nSPS) is 12.1. The Hall–Kier alpha value is -1.26. The maximum atomic E-state index is 11.1. The second-order valence-electron chi connectivity index (χ2n) is 3.10. The van der Waals surface area contributed by atoms with Crippen molar-refractivity contribution in [2.24, 2.45) is 0 Å². The summed E-state index contributed by atoms with van der Waals surface area (Å²) in [4.78, 5) is 21.6. The quantitative estimate of drug-likeness (QED) is 0.523. The Bertz CT molecular complexity index is 210. The minimum absolute atomic E-state index is 0.151. The van der Waals surface area contributed by atoms with E-state index in [2.05, 4.69) is 4.74 Å². The third-order valence-corrected chi connectivity index (χ3v) is 1.77. The molecule has 0 fully saturated rings. The van der Waals surface area contributed by atoms with Gasteiger partial charge >= 0.3 is 12.1 Å². The van der Waals surface area contributed by atoms with Gasteiger partial charge in [0, 0.05) is 13.8 Å². The van der Waals surface area contributed by atoms with Crippen LogP contribution in [-0.2, 0) is 19.0 Å². The van der Waals surface area contributed by atoms with Crippen molar-refractivity contribution in [1.29, 1.82) is 0 Å². The zero-order valence-electron chi connectivity index (χ0n) is 9.61. The van der Waals surface area contributed by atoms with Crippen molar-refractivity contribution < 1.29 is 23.8 Å². The van der Waals surface area contributed by atoms with Crippen molar-refractivity contribution >= 4 is 12.1 Å². The van der Waals surface area contributed by atoms with Crippen LogP contribution in [0.25, 0.3) is 0 Å². The maximum absolute atomic E-state index is 11.1. The van der Waals surface area contributed by atoms with Crippen molar-refractivity contribution in [3.05, 3.63) is 0 Å². The molecule has 0 aromatic carbocycles. The highest BCUT2D eigenvalue weighted by Gasteiger charge is 2.16. The molecule has 15 heavy (non-hydrogen) atoms. The first kappa shape index (κ1) is 13.7. The molecule has 5 nitrogen and oxygen atoms in total. The minimum atomic E-state index is -0.913. The second-order valence-corrected chi connectivity index (χ2v) is 3.10. The Kier molecular flexibility index (Phi) is 6.49. The molecule has 1 atom stereocenters. The van der Waals surface area contributed by atoms with Crippen LogP contribution in [0.2, 0.25) is 0 Å². The zero-order valence-corrected chi connectivity index (χ0v) is 9.61. The van der Waals surface area contributed by atoms with Gasteiger partial charge in [-0.3, -0.25) is 4.79 Å². The van der Waals surface area contributed by atoms with E-state index < -0.39 is 18.4 Å². The van der Waals surface area contributed by atoms with Crippen molar-refractivity contribution in [3.63, 3.8) is 0 Å². The standard InChI is InChI=1S/C10H18O5/c1-5-9(6-2)15-10(12)14-8(4)13-7(3)11/h8-9H,5-6H2,1-4H3. The lowest BCUT2D eigenvalue weighted by molar-refractivity contribution is -0.166. The summed E-state index contributed by atoms with van der Waals surface area (Å²) < 4.78 is 14.2. The first-order valence-corrected chi connectivity index (χ1v) is 5.04. The third kappa shape index (κ3) is 6.76. The van der Waals surface area contributed by atoms with Crippen LogP contribution in [0.15, 0.2) is 0 Å². The fourth-order valence-electron chi connectivity index (χ4n) is 1.01. The van der Waals surface area contributed by atoms with E-state index in [1.165, 1.54) is 13.8 Å². The van der Waals surface area contributed by atoms with E-state index in [4.69, 9.17) is 9.47 Å². The third-order valence-electron chi connectivity index (χ3n) is 1.77. The lowest BCUT2D eigenvalue weighted by Crippen LogP contribution is -2.24. The first-order valence-electron chi connectivity index (χ1n) is 5.04. The summed E-state index contributed by atoms with van der Waals surface area (Å²) in [6.45, 7) is 6.52. The van der Waals surface area contributed by atoms with E-state index in [0.717, 1.165) is 12.8 Å². The Balaban J connectivity index is 3.86. The van der Waals surface area contributed by atoms with Gasteiger partial charge in [-0.25, -0.2) is 4.79 Å². The SMILES string of the molecule is CCC(CC)OC(=O)OC(C)OC(C)=O. The average molecular weight is 218 g/mol. The summed E-state index contributed by atoms with van der Waals surface area (Å²) in [6, 6.07) is 0. The second kappa shape index (κ2) is 7.09. The maximum Gasteiger partial charge on any atom is 0.511 e. The van der Waals surface area contributed by atoms with Crippen molar-refractivity contribution in [1.82, 2.24) is 0 Å². The fraction of sp³-hybridized carbons (Fsp3) is 0.800. The largest absolute Gasteiger partial charge is 0.511 e. The lowest BCUT2D eigenvalue weighted by Gasteiger charge is -2.16. The van der Waals surface area contributed by atoms with Gasteiger partial charge < -0.3 is 14.2 Å². The lowest BCUT2D eigenvalue weighted by atomic mass is 10.2. The van der Waals surface area contributed by atoms with Gasteiger partial charge in [-0.05, 0) is 12.8 Å². The van der Waals surface area contributed by atoms with Crippen LogP contribution in [0, 0.1) is 0 Å². The fourth-order valence-corrected chi connectivity index (χ4v) is 1.01. The van der Waals surface area contributed by atoms with Crippen LogP contribution in [0.1, 0.15) is 40.5 Å². The summed E-state index contributed by atoms with van der Waals surface area (Å²) in [5, 5.41) is 0. The summed E-state index contributed by atoms with van der Waals surface area (Å²) >= 11 is 0. The Morgan fingerprint density at radius 3 is 2.00 bits per heavy atom. The molecule has 0 aliphatic rings. The van der Waals surface area contributed by atoms with Gasteiger partial charge in [-0.15, -0.1) is 0 Å². The molecule has 0 aromatic heterocycles. The number of hydrogen-bond acceptors (Lipinski definition) is 5. The number of ether oxygens (including phenoxy) is 3. The predicted molar refractivity (Wildman–Crippen MR) is 53.2 cm³/mol. The highest BCUT2D eigenvalue weighted by atomic mass is 16.8. The molecule has 88 valence electrons. The van der Waals surface area contributed by atoms with E-state index in [1.54, 1.807) is 0 Å². The van der Waals surface area contributed by atoms with E-state index >= 15 is 0 Å². The van der Waals surface area contributed by atoms with E-state index in [-0.39, 0.29) is 6.10 Å². The summed E-state index contributed by atoms with van der Waals surface area (Å²) in [5.74, 6) is -0.502. The Labute approximate surface area is 89.7 Å². The smallest absolute Gasteiger partial charge is 0.431 e. The molecule has 0 heterocycles. The number of carbonyl (C=O) groups is 2. The molecule has 1 unspecified atom stereocenters. The molecule has 0 saturated heterocycles. The molecular weight excluding hydrogens is 200 g/mol. The van der Waals surface area contributed by atoms with Crippen LogP contribution >= 0.6 is 0 Å². The van der Waals surface area contributed by atoms with Crippen LogP contribution in [0.3, 0.4) is 0 Å². The van der Waals surface area contributed by atoms with Crippen molar-refractivity contribution in [2.75, 3.05) is 0 Å². The van der Waals surface area contributed by atoms with E-state index in [9.17, 15) is 9.59 Å². The monoisotopic (exact) mass is 218 g/mol. The highest BCUT2D eigenvalue weighted by Crippen LogP contribution is 2.06. The zero-order chi connectivity index (χ0) is 11.8. The molecule has 0 saturated carbocycles. The van der Waals surface area contributed by atoms with Gasteiger partial charge in [0.25, 0.3) is 0 Å².